The fourth-order valence-electron chi connectivity index (χ4n) is 2.42. The molecule has 4 nitrogen and oxygen atoms in total. The van der Waals surface area contributed by atoms with Crippen molar-refractivity contribution in [3.05, 3.63) is 0 Å². The van der Waals surface area contributed by atoms with Crippen molar-refractivity contribution in [1.82, 2.24) is 9.80 Å². The minimum absolute atomic E-state index is 0.172. The molecule has 0 saturated carbocycles. The molecular formula is C15H30N2O2. The lowest BCUT2D eigenvalue weighted by atomic mass is 9.99. The molecule has 1 fully saturated rings. The van der Waals surface area contributed by atoms with Crippen LogP contribution < -0.4 is 0 Å². The molecule has 1 aliphatic heterocycles. The molecular weight excluding hydrogens is 240 g/mol. The SMILES string of the molecule is CC(C)[C@H]1CN(C(C)C)CCN1C(=O)OC(C)(C)C. The second kappa shape index (κ2) is 6.12. The number of carbonyl (C=O) groups excluding carboxylic acids is 1. The van der Waals surface area contributed by atoms with E-state index in [0.717, 1.165) is 19.6 Å². The standard InChI is InChI=1S/C15H30N2O2/c1-11(2)13-10-16(12(3)4)8-9-17(13)14(18)19-15(5,6)7/h11-13H,8-10H2,1-7H3/t13-/m1/s1. The smallest absolute Gasteiger partial charge is 0.410 e. The number of piperazine rings is 1. The van der Waals surface area contributed by atoms with Crippen molar-refractivity contribution in [1.29, 1.82) is 0 Å². The van der Waals surface area contributed by atoms with Gasteiger partial charge in [-0.15, -0.1) is 0 Å². The number of carbonyl (C=O) groups is 1. The van der Waals surface area contributed by atoms with Gasteiger partial charge in [-0.05, 0) is 40.5 Å². The van der Waals surface area contributed by atoms with E-state index in [-0.39, 0.29) is 12.1 Å². The third kappa shape index (κ3) is 4.68. The summed E-state index contributed by atoms with van der Waals surface area (Å²) in [6.45, 7) is 17.1. The minimum Gasteiger partial charge on any atom is -0.444 e. The maximum Gasteiger partial charge on any atom is 0.410 e. The molecule has 0 aliphatic carbocycles. The summed E-state index contributed by atoms with van der Waals surface area (Å²) < 4.78 is 5.52. The van der Waals surface area contributed by atoms with Crippen LogP contribution in [0.15, 0.2) is 0 Å². The second-order valence-electron chi connectivity index (χ2n) is 7.07. The normalized spacial score (nSPS) is 22.2. The van der Waals surface area contributed by atoms with Gasteiger partial charge in [-0.3, -0.25) is 4.90 Å². The van der Waals surface area contributed by atoms with Crippen molar-refractivity contribution in [2.45, 2.75) is 66.2 Å². The van der Waals surface area contributed by atoms with Crippen LogP contribution in [-0.4, -0.2) is 53.2 Å². The van der Waals surface area contributed by atoms with Gasteiger partial charge in [0.05, 0.1) is 6.04 Å². The fraction of sp³-hybridized carbons (Fsp3) is 0.933. The minimum atomic E-state index is -0.423. The average Bonchev–Trinajstić information content (AvgIpc) is 2.25. The lowest BCUT2D eigenvalue weighted by molar-refractivity contribution is -0.0139. The Morgan fingerprint density at radius 1 is 1.16 bits per heavy atom. The van der Waals surface area contributed by atoms with Crippen LogP contribution in [0.3, 0.4) is 0 Å². The number of nitrogens with zero attached hydrogens (tertiary/aromatic N) is 2. The van der Waals surface area contributed by atoms with Crippen molar-refractivity contribution in [3.63, 3.8) is 0 Å². The van der Waals surface area contributed by atoms with Crippen LogP contribution >= 0.6 is 0 Å². The first-order valence-electron chi connectivity index (χ1n) is 7.35. The average molecular weight is 270 g/mol. The third-order valence-electron chi connectivity index (χ3n) is 3.58. The molecule has 1 atom stereocenters. The van der Waals surface area contributed by atoms with Crippen LogP contribution in [0, 0.1) is 5.92 Å². The first-order chi connectivity index (χ1) is 8.61. The van der Waals surface area contributed by atoms with Gasteiger partial charge >= 0.3 is 6.09 Å². The predicted octanol–water partition coefficient (Wildman–Crippen LogP) is 2.97. The summed E-state index contributed by atoms with van der Waals surface area (Å²) in [6, 6.07) is 0.771. The van der Waals surface area contributed by atoms with Gasteiger partial charge < -0.3 is 9.64 Å². The van der Waals surface area contributed by atoms with Gasteiger partial charge in [0, 0.05) is 25.7 Å². The Balaban J connectivity index is 2.74. The monoisotopic (exact) mass is 270 g/mol. The molecule has 0 aromatic carbocycles. The van der Waals surface area contributed by atoms with E-state index < -0.39 is 5.60 Å². The van der Waals surface area contributed by atoms with Crippen LogP contribution in [0.2, 0.25) is 0 Å². The van der Waals surface area contributed by atoms with Gasteiger partial charge in [-0.25, -0.2) is 4.79 Å². The van der Waals surface area contributed by atoms with E-state index in [1.165, 1.54) is 0 Å². The summed E-state index contributed by atoms with van der Waals surface area (Å²) in [5, 5.41) is 0. The Kier molecular flexibility index (Phi) is 5.25. The highest BCUT2D eigenvalue weighted by Gasteiger charge is 2.35. The zero-order valence-corrected chi connectivity index (χ0v) is 13.6. The zero-order chi connectivity index (χ0) is 14.8. The molecule has 0 unspecified atom stereocenters. The first kappa shape index (κ1) is 16.3. The topological polar surface area (TPSA) is 32.8 Å². The summed E-state index contributed by atoms with van der Waals surface area (Å²) in [5.74, 6) is 0.439. The van der Waals surface area contributed by atoms with Crippen LogP contribution in [-0.2, 0) is 4.74 Å². The predicted molar refractivity (Wildman–Crippen MR) is 78.3 cm³/mol. The Bertz CT molecular complexity index is 308. The fourth-order valence-corrected chi connectivity index (χ4v) is 2.42. The number of ether oxygens (including phenoxy) is 1. The maximum atomic E-state index is 12.3. The highest BCUT2D eigenvalue weighted by atomic mass is 16.6. The van der Waals surface area contributed by atoms with Gasteiger partial charge in [0.25, 0.3) is 0 Å². The summed E-state index contributed by atoms with van der Waals surface area (Å²) in [5.41, 5.74) is -0.423. The number of amides is 1. The molecule has 1 rings (SSSR count). The highest BCUT2D eigenvalue weighted by Crippen LogP contribution is 2.21. The van der Waals surface area contributed by atoms with E-state index in [9.17, 15) is 4.79 Å². The quantitative estimate of drug-likeness (QED) is 0.773. The molecule has 0 aromatic heterocycles. The molecule has 4 heteroatoms. The molecule has 0 bridgehead atoms. The Morgan fingerprint density at radius 2 is 1.74 bits per heavy atom. The number of hydrogen-bond donors (Lipinski definition) is 0. The lowest BCUT2D eigenvalue weighted by Crippen LogP contribution is -2.59. The zero-order valence-electron chi connectivity index (χ0n) is 13.6. The van der Waals surface area contributed by atoms with Crippen LogP contribution in [0.1, 0.15) is 48.5 Å². The molecule has 0 spiro atoms. The van der Waals surface area contributed by atoms with E-state index in [0.29, 0.717) is 12.0 Å². The maximum absolute atomic E-state index is 12.3. The van der Waals surface area contributed by atoms with E-state index in [1.54, 1.807) is 0 Å². The van der Waals surface area contributed by atoms with Gasteiger partial charge in [0.1, 0.15) is 5.60 Å². The summed E-state index contributed by atoms with van der Waals surface area (Å²) in [6.07, 6.45) is -0.172. The molecule has 1 amide bonds. The van der Waals surface area contributed by atoms with Crippen molar-refractivity contribution >= 4 is 6.09 Å². The van der Waals surface area contributed by atoms with Crippen LogP contribution in [0.25, 0.3) is 0 Å². The summed E-state index contributed by atoms with van der Waals surface area (Å²) in [7, 11) is 0. The summed E-state index contributed by atoms with van der Waals surface area (Å²) >= 11 is 0. The van der Waals surface area contributed by atoms with Crippen molar-refractivity contribution in [2.75, 3.05) is 19.6 Å². The van der Waals surface area contributed by atoms with Crippen LogP contribution in [0.5, 0.6) is 0 Å². The molecule has 0 N–H and O–H groups in total. The highest BCUT2D eigenvalue weighted by molar-refractivity contribution is 5.68. The van der Waals surface area contributed by atoms with E-state index in [4.69, 9.17) is 4.74 Å². The molecule has 1 aliphatic rings. The molecule has 0 aromatic rings. The molecule has 19 heavy (non-hydrogen) atoms. The van der Waals surface area contributed by atoms with Gasteiger partial charge in [-0.2, -0.15) is 0 Å². The second-order valence-corrected chi connectivity index (χ2v) is 7.07. The third-order valence-corrected chi connectivity index (χ3v) is 3.58. The molecule has 112 valence electrons. The molecule has 1 heterocycles. The summed E-state index contributed by atoms with van der Waals surface area (Å²) in [4.78, 5) is 16.6. The van der Waals surface area contributed by atoms with Crippen molar-refractivity contribution in [3.8, 4) is 0 Å². The van der Waals surface area contributed by atoms with Crippen molar-refractivity contribution < 1.29 is 9.53 Å². The van der Waals surface area contributed by atoms with Gasteiger partial charge in [0.15, 0.2) is 0 Å². The van der Waals surface area contributed by atoms with E-state index >= 15 is 0 Å². The van der Waals surface area contributed by atoms with Crippen LogP contribution in [0.4, 0.5) is 4.79 Å². The Morgan fingerprint density at radius 3 is 2.16 bits per heavy atom. The largest absolute Gasteiger partial charge is 0.444 e. The van der Waals surface area contributed by atoms with Gasteiger partial charge in [0.2, 0.25) is 0 Å². The van der Waals surface area contributed by atoms with E-state index in [1.807, 2.05) is 25.7 Å². The Hall–Kier alpha value is -0.770. The van der Waals surface area contributed by atoms with E-state index in [2.05, 4.69) is 32.6 Å². The molecule has 0 radical (unpaired) electrons. The Labute approximate surface area is 118 Å². The number of hydrogen-bond acceptors (Lipinski definition) is 3. The lowest BCUT2D eigenvalue weighted by Gasteiger charge is -2.44. The van der Waals surface area contributed by atoms with Gasteiger partial charge in [-0.1, -0.05) is 13.8 Å². The molecule has 1 saturated heterocycles. The van der Waals surface area contributed by atoms with Crippen molar-refractivity contribution in [2.24, 2.45) is 5.92 Å². The number of rotatable bonds is 2. The first-order valence-corrected chi connectivity index (χ1v) is 7.35.